The zero-order valence-electron chi connectivity index (χ0n) is 10.8. The van der Waals surface area contributed by atoms with Crippen LogP contribution in [0, 0.1) is 5.82 Å². The van der Waals surface area contributed by atoms with Gasteiger partial charge in [0.2, 0.25) is 0 Å². The summed E-state index contributed by atoms with van der Waals surface area (Å²) >= 11 is 18.2. The summed E-state index contributed by atoms with van der Waals surface area (Å²) < 4.78 is 13.9. The summed E-state index contributed by atoms with van der Waals surface area (Å²) in [6, 6.07) is 9.71. The molecule has 0 aliphatic heterocycles. The lowest BCUT2D eigenvalue weighted by Crippen LogP contribution is -2.20. The van der Waals surface area contributed by atoms with Crippen molar-refractivity contribution in [3.8, 4) is 0 Å². The average Bonchev–Trinajstić information content (AvgIpc) is 2.42. The first-order valence-corrected chi connectivity index (χ1v) is 7.21. The Morgan fingerprint density at radius 3 is 2.50 bits per heavy atom. The summed E-state index contributed by atoms with van der Waals surface area (Å²) in [7, 11) is 1.79. The second kappa shape index (κ2) is 6.77. The van der Waals surface area contributed by atoms with Crippen LogP contribution in [-0.4, -0.2) is 7.05 Å². The molecule has 20 heavy (non-hydrogen) atoms. The van der Waals surface area contributed by atoms with Gasteiger partial charge in [0.1, 0.15) is 5.82 Å². The van der Waals surface area contributed by atoms with E-state index in [0.29, 0.717) is 27.1 Å². The molecule has 0 heterocycles. The second-order valence-corrected chi connectivity index (χ2v) is 5.66. The average molecular weight is 333 g/mol. The number of hydrogen-bond donors (Lipinski definition) is 1. The van der Waals surface area contributed by atoms with Crippen LogP contribution in [0.15, 0.2) is 36.4 Å². The minimum atomic E-state index is -0.323. The molecule has 0 bridgehead atoms. The van der Waals surface area contributed by atoms with E-state index in [1.54, 1.807) is 37.4 Å². The van der Waals surface area contributed by atoms with E-state index in [4.69, 9.17) is 34.8 Å². The monoisotopic (exact) mass is 331 g/mol. The van der Waals surface area contributed by atoms with E-state index in [-0.39, 0.29) is 11.9 Å². The molecule has 0 spiro atoms. The summed E-state index contributed by atoms with van der Waals surface area (Å²) in [5.41, 5.74) is 1.28. The molecule has 0 aliphatic carbocycles. The Hall–Kier alpha value is -0.800. The number of nitrogens with one attached hydrogen (secondary N) is 1. The Morgan fingerprint density at radius 1 is 1.10 bits per heavy atom. The number of hydrogen-bond acceptors (Lipinski definition) is 1. The first-order valence-electron chi connectivity index (χ1n) is 6.08. The molecule has 0 saturated carbocycles. The fourth-order valence-electron chi connectivity index (χ4n) is 2.08. The maximum atomic E-state index is 13.9. The van der Waals surface area contributed by atoms with Crippen LogP contribution in [0.1, 0.15) is 17.2 Å². The second-order valence-electron chi connectivity index (χ2n) is 4.41. The van der Waals surface area contributed by atoms with Gasteiger partial charge in [-0.2, -0.15) is 0 Å². The molecule has 0 amide bonds. The van der Waals surface area contributed by atoms with E-state index >= 15 is 0 Å². The van der Waals surface area contributed by atoms with Crippen molar-refractivity contribution in [1.82, 2.24) is 5.32 Å². The highest BCUT2D eigenvalue weighted by atomic mass is 35.5. The molecule has 2 rings (SSSR count). The molecule has 0 radical (unpaired) electrons. The Balaban J connectivity index is 2.36. The van der Waals surface area contributed by atoms with E-state index in [2.05, 4.69) is 5.32 Å². The zero-order chi connectivity index (χ0) is 14.7. The predicted octanol–water partition coefficient (Wildman–Crippen LogP) is 5.29. The van der Waals surface area contributed by atoms with Crippen LogP contribution in [0.25, 0.3) is 0 Å². The van der Waals surface area contributed by atoms with Crippen LogP contribution < -0.4 is 5.32 Å². The van der Waals surface area contributed by atoms with E-state index in [1.165, 1.54) is 6.07 Å². The topological polar surface area (TPSA) is 12.0 Å². The van der Waals surface area contributed by atoms with Crippen LogP contribution in [0.2, 0.25) is 15.1 Å². The van der Waals surface area contributed by atoms with E-state index in [0.717, 1.165) is 5.56 Å². The Kier molecular flexibility index (Phi) is 5.28. The van der Waals surface area contributed by atoms with Gasteiger partial charge in [-0.3, -0.25) is 0 Å². The molecule has 1 unspecified atom stereocenters. The maximum Gasteiger partial charge on any atom is 0.127 e. The van der Waals surface area contributed by atoms with Gasteiger partial charge in [-0.25, -0.2) is 4.39 Å². The van der Waals surface area contributed by atoms with Gasteiger partial charge in [0.15, 0.2) is 0 Å². The Morgan fingerprint density at radius 2 is 1.85 bits per heavy atom. The normalized spacial score (nSPS) is 12.4. The summed E-state index contributed by atoms with van der Waals surface area (Å²) in [5.74, 6) is -0.323. The molecule has 0 fully saturated rings. The molecule has 106 valence electrons. The third kappa shape index (κ3) is 3.44. The van der Waals surface area contributed by atoms with Crippen LogP contribution in [0.4, 0.5) is 4.39 Å². The minimum absolute atomic E-state index is 0.171. The Labute approximate surface area is 132 Å². The predicted molar refractivity (Wildman–Crippen MR) is 83.4 cm³/mol. The number of rotatable bonds is 4. The fourth-order valence-corrected chi connectivity index (χ4v) is 2.75. The molecule has 0 aliphatic rings. The van der Waals surface area contributed by atoms with Gasteiger partial charge in [-0.1, -0.05) is 40.9 Å². The van der Waals surface area contributed by atoms with Crippen LogP contribution in [-0.2, 0) is 6.42 Å². The molecule has 0 aromatic heterocycles. The first-order chi connectivity index (χ1) is 9.52. The van der Waals surface area contributed by atoms with Crippen molar-refractivity contribution in [2.45, 2.75) is 12.5 Å². The maximum absolute atomic E-state index is 13.9. The molecule has 0 saturated heterocycles. The quantitative estimate of drug-likeness (QED) is 0.802. The minimum Gasteiger partial charge on any atom is -0.313 e. The molecule has 1 atom stereocenters. The third-order valence-corrected chi connectivity index (χ3v) is 4.09. The van der Waals surface area contributed by atoms with Gasteiger partial charge < -0.3 is 5.32 Å². The first kappa shape index (κ1) is 15.6. The zero-order valence-corrected chi connectivity index (χ0v) is 13.0. The lowest BCUT2D eigenvalue weighted by atomic mass is 9.98. The van der Waals surface area contributed by atoms with Gasteiger partial charge in [0.25, 0.3) is 0 Å². The Bertz CT molecular complexity index is 596. The molecule has 2 aromatic rings. The number of halogens is 4. The molecule has 5 heteroatoms. The smallest absolute Gasteiger partial charge is 0.127 e. The summed E-state index contributed by atoms with van der Waals surface area (Å²) in [6.07, 6.45) is 0.391. The third-order valence-electron chi connectivity index (χ3n) is 3.15. The molecule has 2 aromatic carbocycles. The van der Waals surface area contributed by atoms with Gasteiger partial charge >= 0.3 is 0 Å². The van der Waals surface area contributed by atoms with Gasteiger partial charge in [-0.15, -0.1) is 0 Å². The van der Waals surface area contributed by atoms with Crippen molar-refractivity contribution >= 4 is 34.8 Å². The van der Waals surface area contributed by atoms with Crippen molar-refractivity contribution in [2.75, 3.05) is 7.05 Å². The van der Waals surface area contributed by atoms with Crippen molar-refractivity contribution in [1.29, 1.82) is 0 Å². The highest BCUT2D eigenvalue weighted by molar-refractivity contribution is 6.33. The van der Waals surface area contributed by atoms with E-state index in [9.17, 15) is 4.39 Å². The van der Waals surface area contributed by atoms with Crippen LogP contribution in [0.3, 0.4) is 0 Å². The standard InChI is InChI=1S/C15H13Cl3FN/c1-20-15(11-7-9(16)5-6-13(11)18)8-10-12(17)3-2-4-14(10)19/h2-7,15,20H,8H2,1H3. The highest BCUT2D eigenvalue weighted by Crippen LogP contribution is 2.31. The molecule has 1 N–H and O–H groups in total. The lowest BCUT2D eigenvalue weighted by Gasteiger charge is -2.19. The van der Waals surface area contributed by atoms with E-state index in [1.807, 2.05) is 0 Å². The molecular formula is C15H13Cl3FN. The summed E-state index contributed by atoms with van der Waals surface area (Å²) in [4.78, 5) is 0. The fraction of sp³-hybridized carbons (Fsp3) is 0.200. The van der Waals surface area contributed by atoms with E-state index < -0.39 is 0 Å². The van der Waals surface area contributed by atoms with Gasteiger partial charge in [0, 0.05) is 26.7 Å². The number of benzene rings is 2. The largest absolute Gasteiger partial charge is 0.313 e. The highest BCUT2D eigenvalue weighted by Gasteiger charge is 2.18. The van der Waals surface area contributed by atoms with Gasteiger partial charge in [-0.05, 0) is 49.4 Å². The van der Waals surface area contributed by atoms with Crippen LogP contribution in [0.5, 0.6) is 0 Å². The molecule has 1 nitrogen and oxygen atoms in total. The SMILES string of the molecule is CNC(Cc1c(F)cccc1Cl)c1cc(Cl)ccc1Cl. The van der Waals surface area contributed by atoms with Crippen LogP contribution >= 0.6 is 34.8 Å². The lowest BCUT2D eigenvalue weighted by molar-refractivity contribution is 0.554. The summed E-state index contributed by atoms with van der Waals surface area (Å²) in [5, 5.41) is 4.70. The molecular weight excluding hydrogens is 320 g/mol. The van der Waals surface area contributed by atoms with Crippen molar-refractivity contribution in [3.63, 3.8) is 0 Å². The van der Waals surface area contributed by atoms with Crippen molar-refractivity contribution in [3.05, 3.63) is 68.4 Å². The number of likely N-dealkylation sites (N-methyl/N-ethyl adjacent to an activating group) is 1. The van der Waals surface area contributed by atoms with Crippen molar-refractivity contribution < 1.29 is 4.39 Å². The van der Waals surface area contributed by atoms with Crippen molar-refractivity contribution in [2.24, 2.45) is 0 Å². The summed E-state index contributed by atoms with van der Waals surface area (Å²) in [6.45, 7) is 0. The van der Waals surface area contributed by atoms with Gasteiger partial charge in [0.05, 0.1) is 0 Å².